The molecule has 1 fully saturated rings. The first kappa shape index (κ1) is 11.0. The Bertz CT molecular complexity index is 119. The Morgan fingerprint density at radius 3 is 2.31 bits per heavy atom. The van der Waals surface area contributed by atoms with Crippen LogP contribution in [0.3, 0.4) is 0 Å². The minimum atomic E-state index is 0.600. The lowest BCUT2D eigenvalue weighted by atomic mass is 9.87. The molecule has 2 heteroatoms. The Morgan fingerprint density at radius 1 is 1.23 bits per heavy atom. The Balaban J connectivity index is 2.35. The molecule has 0 bridgehead atoms. The highest BCUT2D eigenvalue weighted by molar-refractivity contribution is 4.73. The molecule has 1 rings (SSSR count). The molecular formula is C11H23NO. The fourth-order valence-electron chi connectivity index (χ4n) is 2.39. The molecule has 0 radical (unpaired) electrons. The van der Waals surface area contributed by atoms with Gasteiger partial charge in [0.1, 0.15) is 0 Å². The van der Waals surface area contributed by atoms with E-state index in [9.17, 15) is 0 Å². The first-order chi connectivity index (χ1) is 6.38. The van der Waals surface area contributed by atoms with Crippen molar-refractivity contribution in [3.05, 3.63) is 0 Å². The van der Waals surface area contributed by atoms with Crippen molar-refractivity contribution in [3.8, 4) is 0 Å². The Hall–Kier alpha value is -0.0800. The van der Waals surface area contributed by atoms with Crippen molar-refractivity contribution in [3.63, 3.8) is 0 Å². The Labute approximate surface area is 81.8 Å². The van der Waals surface area contributed by atoms with Crippen LogP contribution in [0.1, 0.15) is 38.5 Å². The lowest BCUT2D eigenvalue weighted by molar-refractivity contribution is 0.118. The van der Waals surface area contributed by atoms with Crippen molar-refractivity contribution in [1.82, 2.24) is 0 Å². The standard InChI is InChI=1S/C11H23NO/c1-13-9-11(8-12)10-6-4-2-3-5-7-10/h10-11H,2-9,12H2,1H3. The van der Waals surface area contributed by atoms with Gasteiger partial charge in [0.15, 0.2) is 0 Å². The van der Waals surface area contributed by atoms with E-state index in [0.717, 1.165) is 19.1 Å². The van der Waals surface area contributed by atoms with E-state index in [1.54, 1.807) is 7.11 Å². The fourth-order valence-corrected chi connectivity index (χ4v) is 2.39. The first-order valence-electron chi connectivity index (χ1n) is 5.57. The van der Waals surface area contributed by atoms with Crippen LogP contribution in [-0.2, 0) is 4.74 Å². The molecule has 78 valence electrons. The minimum Gasteiger partial charge on any atom is -0.384 e. The lowest BCUT2D eigenvalue weighted by Crippen LogP contribution is -2.27. The van der Waals surface area contributed by atoms with Crippen LogP contribution in [0.25, 0.3) is 0 Å². The van der Waals surface area contributed by atoms with E-state index >= 15 is 0 Å². The second-order valence-corrected chi connectivity index (χ2v) is 4.20. The number of hydrogen-bond acceptors (Lipinski definition) is 2. The van der Waals surface area contributed by atoms with Crippen LogP contribution in [0.5, 0.6) is 0 Å². The van der Waals surface area contributed by atoms with Gasteiger partial charge in [0.25, 0.3) is 0 Å². The van der Waals surface area contributed by atoms with Crippen LogP contribution in [0.2, 0.25) is 0 Å². The zero-order valence-electron chi connectivity index (χ0n) is 8.80. The molecule has 1 aliphatic carbocycles. The number of ether oxygens (including phenoxy) is 1. The third-order valence-corrected chi connectivity index (χ3v) is 3.25. The fraction of sp³-hybridized carbons (Fsp3) is 1.00. The molecule has 0 amide bonds. The molecule has 13 heavy (non-hydrogen) atoms. The van der Waals surface area contributed by atoms with Gasteiger partial charge in [0.05, 0.1) is 6.61 Å². The molecule has 2 N–H and O–H groups in total. The van der Waals surface area contributed by atoms with Crippen LogP contribution in [0, 0.1) is 11.8 Å². The zero-order valence-corrected chi connectivity index (χ0v) is 8.80. The molecule has 1 saturated carbocycles. The zero-order chi connectivity index (χ0) is 9.52. The molecular weight excluding hydrogens is 162 g/mol. The minimum absolute atomic E-state index is 0.600. The summed E-state index contributed by atoms with van der Waals surface area (Å²) in [6.07, 6.45) is 8.35. The highest BCUT2D eigenvalue weighted by atomic mass is 16.5. The van der Waals surface area contributed by atoms with Gasteiger partial charge in [-0.3, -0.25) is 0 Å². The lowest BCUT2D eigenvalue weighted by Gasteiger charge is -2.23. The summed E-state index contributed by atoms with van der Waals surface area (Å²) in [7, 11) is 1.78. The van der Waals surface area contributed by atoms with E-state index in [2.05, 4.69) is 0 Å². The Kier molecular flexibility index (Phi) is 5.40. The number of nitrogens with two attached hydrogens (primary N) is 1. The van der Waals surface area contributed by atoms with E-state index in [1.165, 1.54) is 38.5 Å². The third kappa shape index (κ3) is 3.65. The van der Waals surface area contributed by atoms with Crippen molar-refractivity contribution in [2.24, 2.45) is 17.6 Å². The van der Waals surface area contributed by atoms with Gasteiger partial charge in [-0.2, -0.15) is 0 Å². The maximum absolute atomic E-state index is 5.76. The summed E-state index contributed by atoms with van der Waals surface area (Å²) < 4.78 is 5.21. The van der Waals surface area contributed by atoms with Gasteiger partial charge < -0.3 is 10.5 Å². The van der Waals surface area contributed by atoms with E-state index in [0.29, 0.717) is 5.92 Å². The maximum Gasteiger partial charge on any atom is 0.0505 e. The van der Waals surface area contributed by atoms with E-state index in [1.807, 2.05) is 0 Å². The monoisotopic (exact) mass is 185 g/mol. The van der Waals surface area contributed by atoms with Gasteiger partial charge in [-0.1, -0.05) is 38.5 Å². The van der Waals surface area contributed by atoms with Gasteiger partial charge in [0, 0.05) is 7.11 Å². The first-order valence-corrected chi connectivity index (χ1v) is 5.57. The van der Waals surface area contributed by atoms with Crippen molar-refractivity contribution in [1.29, 1.82) is 0 Å². The van der Waals surface area contributed by atoms with Gasteiger partial charge in [-0.15, -0.1) is 0 Å². The number of rotatable bonds is 4. The van der Waals surface area contributed by atoms with Gasteiger partial charge in [0.2, 0.25) is 0 Å². The van der Waals surface area contributed by atoms with Crippen LogP contribution in [-0.4, -0.2) is 20.3 Å². The highest BCUT2D eigenvalue weighted by Gasteiger charge is 2.21. The summed E-state index contributed by atoms with van der Waals surface area (Å²) >= 11 is 0. The molecule has 0 heterocycles. The smallest absolute Gasteiger partial charge is 0.0505 e. The summed E-state index contributed by atoms with van der Waals surface area (Å²) in [5.41, 5.74) is 5.76. The summed E-state index contributed by atoms with van der Waals surface area (Å²) in [6.45, 7) is 1.64. The van der Waals surface area contributed by atoms with Crippen molar-refractivity contribution < 1.29 is 4.74 Å². The largest absolute Gasteiger partial charge is 0.384 e. The average molecular weight is 185 g/mol. The molecule has 0 aliphatic heterocycles. The normalized spacial score (nSPS) is 22.6. The van der Waals surface area contributed by atoms with Crippen LogP contribution in [0.15, 0.2) is 0 Å². The second kappa shape index (κ2) is 6.39. The predicted molar refractivity (Wildman–Crippen MR) is 55.6 cm³/mol. The summed E-state index contributed by atoms with van der Waals surface area (Å²) in [5, 5.41) is 0. The molecule has 1 atom stereocenters. The third-order valence-electron chi connectivity index (χ3n) is 3.25. The van der Waals surface area contributed by atoms with E-state index in [-0.39, 0.29) is 0 Å². The van der Waals surface area contributed by atoms with E-state index in [4.69, 9.17) is 10.5 Å². The SMILES string of the molecule is COCC(CN)C1CCCCCC1. The van der Waals surface area contributed by atoms with Crippen LogP contribution < -0.4 is 5.73 Å². The number of hydrogen-bond donors (Lipinski definition) is 1. The predicted octanol–water partition coefficient (Wildman–Crippen LogP) is 2.18. The topological polar surface area (TPSA) is 35.2 Å². The van der Waals surface area contributed by atoms with Crippen LogP contribution in [0.4, 0.5) is 0 Å². The highest BCUT2D eigenvalue weighted by Crippen LogP contribution is 2.28. The maximum atomic E-state index is 5.76. The van der Waals surface area contributed by atoms with Crippen molar-refractivity contribution in [2.45, 2.75) is 38.5 Å². The van der Waals surface area contributed by atoms with Crippen LogP contribution >= 0.6 is 0 Å². The summed E-state index contributed by atoms with van der Waals surface area (Å²) in [5.74, 6) is 1.43. The molecule has 1 unspecified atom stereocenters. The molecule has 0 spiro atoms. The Morgan fingerprint density at radius 2 is 1.85 bits per heavy atom. The van der Waals surface area contributed by atoms with E-state index < -0.39 is 0 Å². The number of methoxy groups -OCH3 is 1. The second-order valence-electron chi connectivity index (χ2n) is 4.20. The average Bonchev–Trinajstić information content (AvgIpc) is 2.42. The summed E-state index contributed by atoms with van der Waals surface area (Å²) in [6, 6.07) is 0. The molecule has 2 nitrogen and oxygen atoms in total. The quantitative estimate of drug-likeness (QED) is 0.681. The molecule has 0 aromatic carbocycles. The van der Waals surface area contributed by atoms with Crippen molar-refractivity contribution in [2.75, 3.05) is 20.3 Å². The molecule has 0 saturated heterocycles. The molecule has 1 aliphatic rings. The summed E-state index contributed by atoms with van der Waals surface area (Å²) in [4.78, 5) is 0. The van der Waals surface area contributed by atoms with Gasteiger partial charge in [-0.05, 0) is 18.4 Å². The molecule has 0 aromatic heterocycles. The van der Waals surface area contributed by atoms with Gasteiger partial charge in [-0.25, -0.2) is 0 Å². The molecule has 0 aromatic rings. The van der Waals surface area contributed by atoms with Crippen molar-refractivity contribution >= 4 is 0 Å². The van der Waals surface area contributed by atoms with Gasteiger partial charge >= 0.3 is 0 Å².